The lowest BCUT2D eigenvalue weighted by atomic mass is 10.0. The van der Waals surface area contributed by atoms with Gasteiger partial charge in [0.1, 0.15) is 0 Å². The normalized spacial score (nSPS) is 12.0. The van der Waals surface area contributed by atoms with Gasteiger partial charge in [0, 0.05) is 41.5 Å². The van der Waals surface area contributed by atoms with Crippen molar-refractivity contribution in [3.8, 4) is 0 Å². The molecule has 16 heavy (non-hydrogen) atoms. The Bertz CT molecular complexity index is 442. The van der Waals surface area contributed by atoms with Gasteiger partial charge in [-0.15, -0.1) is 0 Å². The van der Waals surface area contributed by atoms with Crippen LogP contribution in [0.4, 0.5) is 0 Å². The molecule has 0 aliphatic carbocycles. The summed E-state index contributed by atoms with van der Waals surface area (Å²) in [5.74, 6) is 0.0334. The summed E-state index contributed by atoms with van der Waals surface area (Å²) in [4.78, 5) is 8.57. The molecule has 0 saturated carbocycles. The van der Waals surface area contributed by atoms with Crippen molar-refractivity contribution in [1.29, 1.82) is 0 Å². The zero-order valence-corrected chi connectivity index (χ0v) is 9.52. The highest BCUT2D eigenvalue weighted by molar-refractivity contribution is 7.79. The van der Waals surface area contributed by atoms with Crippen LogP contribution >= 0.6 is 12.2 Å². The van der Waals surface area contributed by atoms with Crippen LogP contribution in [0.25, 0.3) is 0 Å². The predicted octanol–water partition coefficient (Wildman–Crippen LogP) is 2.68. The van der Waals surface area contributed by atoms with Crippen LogP contribution in [0.15, 0.2) is 48.8 Å². The van der Waals surface area contributed by atoms with Gasteiger partial charge in [-0.25, -0.2) is 0 Å². The van der Waals surface area contributed by atoms with Crippen LogP contribution < -0.4 is 0 Å². The van der Waals surface area contributed by atoms with Crippen LogP contribution in [0.3, 0.4) is 0 Å². The molecule has 0 N–H and O–H groups in total. The van der Waals surface area contributed by atoms with Crippen LogP contribution in [0.5, 0.6) is 0 Å². The van der Waals surface area contributed by atoms with E-state index in [0.29, 0.717) is 0 Å². The number of hydrogen-bond donors (Lipinski definition) is 0. The Hall–Kier alpha value is -1.61. The zero-order chi connectivity index (χ0) is 11.2. The second-order valence-electron chi connectivity index (χ2n) is 3.45. The Labute approximate surface area is 100 Å². The summed E-state index contributed by atoms with van der Waals surface area (Å²) in [6, 6.07) is 11.7. The largest absolute Gasteiger partial charge is 0.261 e. The van der Waals surface area contributed by atoms with E-state index in [-0.39, 0.29) is 5.92 Å². The minimum Gasteiger partial charge on any atom is -0.261 e. The van der Waals surface area contributed by atoms with Gasteiger partial charge >= 0.3 is 0 Å². The Morgan fingerprint density at radius 3 is 2.38 bits per heavy atom. The fourth-order valence-corrected chi connectivity index (χ4v) is 1.72. The van der Waals surface area contributed by atoms with E-state index in [2.05, 4.69) is 15.3 Å². The third-order valence-electron chi connectivity index (χ3n) is 2.33. The van der Waals surface area contributed by atoms with Crippen LogP contribution in [0.2, 0.25) is 0 Å². The van der Waals surface area contributed by atoms with Gasteiger partial charge in [-0.2, -0.15) is 0 Å². The van der Waals surface area contributed by atoms with Gasteiger partial charge in [0.05, 0.1) is 0 Å². The lowest BCUT2D eigenvalue weighted by molar-refractivity contribution is 0.834. The van der Waals surface area contributed by atoms with Gasteiger partial charge in [-0.05, 0) is 24.3 Å². The lowest BCUT2D eigenvalue weighted by Gasteiger charge is -2.09. The smallest absolute Gasteiger partial charge is 0.0491 e. The molecule has 3 heteroatoms. The molecule has 0 amide bonds. The fraction of sp³-hybridized carbons (Fsp3) is 0.154. The summed E-state index contributed by atoms with van der Waals surface area (Å²) < 4.78 is 0. The van der Waals surface area contributed by atoms with Gasteiger partial charge in [-0.3, -0.25) is 9.97 Å². The third kappa shape index (κ3) is 2.70. The highest BCUT2D eigenvalue weighted by Crippen LogP contribution is 2.15. The van der Waals surface area contributed by atoms with Crippen molar-refractivity contribution in [3.05, 3.63) is 60.2 Å². The standard InChI is InChI=1S/C13H11N2S/c16-10-11(13-6-2-4-8-15-13)9-12-5-1-3-7-14-12/h1-8,11H,9H2. The van der Waals surface area contributed by atoms with Crippen LogP contribution in [0.1, 0.15) is 17.3 Å². The number of pyridine rings is 2. The van der Waals surface area contributed by atoms with Crippen molar-refractivity contribution in [2.24, 2.45) is 0 Å². The van der Waals surface area contributed by atoms with Crippen molar-refractivity contribution < 1.29 is 0 Å². The number of aromatic nitrogens is 2. The Balaban J connectivity index is 2.16. The van der Waals surface area contributed by atoms with Gasteiger partial charge < -0.3 is 0 Å². The maximum Gasteiger partial charge on any atom is 0.0491 e. The molecule has 2 aromatic heterocycles. The number of rotatable bonds is 4. The summed E-state index contributed by atoms with van der Waals surface area (Å²) in [6.45, 7) is 0. The number of nitrogens with zero attached hydrogens (tertiary/aromatic N) is 2. The molecule has 0 saturated heterocycles. The topological polar surface area (TPSA) is 25.8 Å². The first-order chi connectivity index (χ1) is 7.90. The lowest BCUT2D eigenvalue weighted by Crippen LogP contribution is -2.06. The highest BCUT2D eigenvalue weighted by Gasteiger charge is 2.11. The second-order valence-corrected chi connectivity index (χ2v) is 3.69. The van der Waals surface area contributed by atoms with E-state index in [1.807, 2.05) is 36.4 Å². The summed E-state index contributed by atoms with van der Waals surface area (Å²) in [7, 11) is 0. The molecule has 0 aliphatic heterocycles. The summed E-state index contributed by atoms with van der Waals surface area (Å²) in [5.41, 5.74) is 1.96. The maximum absolute atomic E-state index is 4.94. The first-order valence-electron chi connectivity index (χ1n) is 5.08. The van der Waals surface area contributed by atoms with Gasteiger partial charge in [0.15, 0.2) is 0 Å². The molecule has 1 radical (unpaired) electrons. The van der Waals surface area contributed by atoms with E-state index < -0.39 is 0 Å². The van der Waals surface area contributed by atoms with E-state index in [1.165, 1.54) is 0 Å². The monoisotopic (exact) mass is 227 g/mol. The van der Waals surface area contributed by atoms with Crippen molar-refractivity contribution in [3.63, 3.8) is 0 Å². The first kappa shape index (κ1) is 10.9. The second kappa shape index (κ2) is 5.47. The third-order valence-corrected chi connectivity index (χ3v) is 2.61. The predicted molar refractivity (Wildman–Crippen MR) is 67.5 cm³/mol. The Morgan fingerprint density at radius 1 is 1.06 bits per heavy atom. The molecule has 0 aromatic carbocycles. The van der Waals surface area contributed by atoms with Crippen LogP contribution in [-0.4, -0.2) is 15.3 Å². The molecule has 2 rings (SSSR count). The first-order valence-corrected chi connectivity index (χ1v) is 5.49. The molecule has 79 valence electrons. The molecule has 2 nitrogen and oxygen atoms in total. The molecule has 2 aromatic rings. The minimum absolute atomic E-state index is 0.0334. The molecule has 1 atom stereocenters. The minimum atomic E-state index is 0.0334. The molecule has 0 aliphatic rings. The molecule has 0 fully saturated rings. The zero-order valence-electron chi connectivity index (χ0n) is 8.71. The van der Waals surface area contributed by atoms with Gasteiger partial charge in [0.2, 0.25) is 0 Å². The number of thiocarbonyl (C=S) groups is 1. The van der Waals surface area contributed by atoms with Gasteiger partial charge in [-0.1, -0.05) is 24.4 Å². The van der Waals surface area contributed by atoms with Crippen molar-refractivity contribution in [2.45, 2.75) is 12.3 Å². The van der Waals surface area contributed by atoms with Crippen molar-refractivity contribution >= 4 is 17.6 Å². The fourth-order valence-electron chi connectivity index (χ4n) is 1.52. The summed E-state index contributed by atoms with van der Waals surface area (Å²) in [6.07, 6.45) is 4.31. The summed E-state index contributed by atoms with van der Waals surface area (Å²) >= 11 is 4.94. The molecule has 2 heterocycles. The Morgan fingerprint density at radius 2 is 1.81 bits per heavy atom. The van der Waals surface area contributed by atoms with Gasteiger partial charge in [0.25, 0.3) is 0 Å². The quantitative estimate of drug-likeness (QED) is 0.751. The summed E-state index contributed by atoms with van der Waals surface area (Å²) in [5, 5.41) is 2.85. The molecular formula is C13H11N2S. The van der Waals surface area contributed by atoms with E-state index in [0.717, 1.165) is 17.8 Å². The van der Waals surface area contributed by atoms with Crippen LogP contribution in [-0.2, 0) is 6.42 Å². The average Bonchev–Trinajstić information content (AvgIpc) is 2.38. The maximum atomic E-state index is 4.94. The van der Waals surface area contributed by atoms with Crippen molar-refractivity contribution in [2.75, 3.05) is 0 Å². The number of hydrogen-bond acceptors (Lipinski definition) is 3. The van der Waals surface area contributed by atoms with E-state index in [9.17, 15) is 0 Å². The molecule has 1 unspecified atom stereocenters. The average molecular weight is 227 g/mol. The molecule has 0 spiro atoms. The van der Waals surface area contributed by atoms with E-state index >= 15 is 0 Å². The highest BCUT2D eigenvalue weighted by atomic mass is 32.1. The SMILES string of the molecule is S=[C]C(Cc1ccccn1)c1ccccn1. The van der Waals surface area contributed by atoms with E-state index in [4.69, 9.17) is 12.2 Å². The van der Waals surface area contributed by atoms with Crippen LogP contribution in [0, 0.1) is 0 Å². The molecule has 0 bridgehead atoms. The van der Waals surface area contributed by atoms with Crippen molar-refractivity contribution in [1.82, 2.24) is 9.97 Å². The molecular weight excluding hydrogens is 216 g/mol. The Kier molecular flexibility index (Phi) is 3.72. The van der Waals surface area contributed by atoms with E-state index in [1.54, 1.807) is 12.4 Å².